The van der Waals surface area contributed by atoms with Gasteiger partial charge in [-0.15, -0.1) is 0 Å². The molecule has 2 aliphatic carbocycles. The van der Waals surface area contributed by atoms with E-state index in [4.69, 9.17) is 0 Å². The van der Waals surface area contributed by atoms with E-state index in [-0.39, 0.29) is 0 Å². The average molecular weight is 395 g/mol. The number of nitrogens with one attached hydrogen (secondary N) is 2. The first-order valence-corrected chi connectivity index (χ1v) is 12.3. The summed E-state index contributed by atoms with van der Waals surface area (Å²) in [5.41, 5.74) is 0.841. The molecule has 0 aliphatic heterocycles. The minimum Gasteiger partial charge on any atom is -0.315 e. The highest BCUT2D eigenvalue weighted by molar-refractivity contribution is 4.93. The highest BCUT2D eigenvalue weighted by atomic mass is 15.2. The van der Waals surface area contributed by atoms with Crippen LogP contribution in [0.15, 0.2) is 0 Å². The van der Waals surface area contributed by atoms with Crippen LogP contribution in [0.4, 0.5) is 0 Å². The molecule has 4 heteroatoms. The largest absolute Gasteiger partial charge is 0.315 e. The second-order valence-corrected chi connectivity index (χ2v) is 10.1. The first-order valence-electron chi connectivity index (χ1n) is 12.3. The van der Waals surface area contributed by atoms with Crippen LogP contribution in [0, 0.1) is 0 Å². The van der Waals surface area contributed by atoms with Crippen molar-refractivity contribution >= 4 is 0 Å². The van der Waals surface area contributed by atoms with E-state index in [1.807, 2.05) is 0 Å². The molecule has 2 saturated carbocycles. The maximum Gasteiger partial charge on any atom is 0.0327 e. The van der Waals surface area contributed by atoms with Crippen LogP contribution in [-0.4, -0.2) is 75.2 Å². The Morgan fingerprint density at radius 3 is 1.21 bits per heavy atom. The minimum atomic E-state index is 0.420. The molecule has 2 rings (SSSR count). The zero-order chi connectivity index (χ0) is 20.3. The van der Waals surface area contributed by atoms with E-state index in [0.717, 1.165) is 0 Å². The van der Waals surface area contributed by atoms with Crippen molar-refractivity contribution in [2.24, 2.45) is 0 Å². The van der Waals surface area contributed by atoms with Gasteiger partial charge < -0.3 is 20.4 Å². The Labute approximate surface area is 176 Å². The van der Waals surface area contributed by atoms with Crippen LogP contribution < -0.4 is 10.6 Å². The van der Waals surface area contributed by atoms with Gasteiger partial charge in [0.25, 0.3) is 0 Å². The highest BCUT2D eigenvalue weighted by Gasteiger charge is 2.34. The fourth-order valence-electron chi connectivity index (χ4n) is 5.48. The van der Waals surface area contributed by atoms with Crippen LogP contribution in [0.25, 0.3) is 0 Å². The first-order chi connectivity index (χ1) is 13.5. The average Bonchev–Trinajstić information content (AvgIpc) is 2.70. The van der Waals surface area contributed by atoms with E-state index < -0.39 is 0 Å². The summed E-state index contributed by atoms with van der Waals surface area (Å²) >= 11 is 0. The number of hydrogen-bond donors (Lipinski definition) is 2. The first kappa shape index (κ1) is 24.1. The summed E-state index contributed by atoms with van der Waals surface area (Å²) in [7, 11) is 9.09. The summed E-state index contributed by atoms with van der Waals surface area (Å²) in [6.45, 7) is 4.72. The number of unbranched alkanes of at least 4 members (excludes halogenated alkanes) is 3. The second-order valence-electron chi connectivity index (χ2n) is 10.1. The molecule has 4 nitrogen and oxygen atoms in total. The molecule has 0 radical (unpaired) electrons. The van der Waals surface area contributed by atoms with E-state index in [0.29, 0.717) is 11.1 Å². The van der Waals surface area contributed by atoms with Crippen molar-refractivity contribution in [2.45, 2.75) is 101 Å². The lowest BCUT2D eigenvalue weighted by Crippen LogP contribution is -2.53. The van der Waals surface area contributed by atoms with Crippen molar-refractivity contribution in [3.05, 3.63) is 0 Å². The summed E-state index contributed by atoms with van der Waals surface area (Å²) in [5.74, 6) is 0. The molecular weight excluding hydrogens is 344 g/mol. The van der Waals surface area contributed by atoms with Gasteiger partial charge in [0, 0.05) is 24.2 Å². The van der Waals surface area contributed by atoms with Gasteiger partial charge >= 0.3 is 0 Å². The van der Waals surface area contributed by atoms with Gasteiger partial charge in [-0.2, -0.15) is 0 Å². The van der Waals surface area contributed by atoms with Crippen LogP contribution in [0.5, 0.6) is 0 Å². The van der Waals surface area contributed by atoms with Crippen LogP contribution in [0.2, 0.25) is 0 Å². The quantitative estimate of drug-likeness (QED) is 0.457. The van der Waals surface area contributed by atoms with Gasteiger partial charge in [0.05, 0.1) is 0 Å². The SMILES string of the molecule is CN(C)C1(CNCCCCCCNCC2(N(C)C)CCCCC2)CCCCC1. The molecule has 0 unspecified atom stereocenters. The number of hydrogen-bond acceptors (Lipinski definition) is 4. The topological polar surface area (TPSA) is 30.5 Å². The Morgan fingerprint density at radius 1 is 0.536 bits per heavy atom. The summed E-state index contributed by atoms with van der Waals surface area (Å²) in [6, 6.07) is 0. The van der Waals surface area contributed by atoms with Crippen LogP contribution in [0.3, 0.4) is 0 Å². The second kappa shape index (κ2) is 12.5. The molecule has 0 heterocycles. The predicted octanol–water partition coefficient (Wildman–Crippen LogP) is 4.26. The van der Waals surface area contributed by atoms with Crippen molar-refractivity contribution in [2.75, 3.05) is 54.4 Å². The lowest BCUT2D eigenvalue weighted by Gasteiger charge is -2.43. The standard InChI is InChI=1S/C24H50N4/c1-27(2)23(15-9-7-10-16-23)21-25-19-13-5-6-14-20-26-22-24(28(3)4)17-11-8-12-18-24/h25-26H,5-22H2,1-4H3. The fraction of sp³-hybridized carbons (Fsp3) is 1.00. The smallest absolute Gasteiger partial charge is 0.0327 e. The fourth-order valence-corrected chi connectivity index (χ4v) is 5.48. The normalized spacial score (nSPS) is 22.1. The Balaban J connectivity index is 1.48. The molecule has 0 atom stereocenters. The number of nitrogens with zero attached hydrogens (tertiary/aromatic N) is 2. The Hall–Kier alpha value is -0.160. The Bertz CT molecular complexity index is 357. The molecule has 2 N–H and O–H groups in total. The summed E-state index contributed by atoms with van der Waals surface area (Å²) < 4.78 is 0. The number of likely N-dealkylation sites (N-methyl/N-ethyl adjacent to an activating group) is 2. The predicted molar refractivity (Wildman–Crippen MR) is 123 cm³/mol. The molecule has 2 fully saturated rings. The van der Waals surface area contributed by atoms with Crippen molar-refractivity contribution in [3.63, 3.8) is 0 Å². The van der Waals surface area contributed by atoms with E-state index in [9.17, 15) is 0 Å². The van der Waals surface area contributed by atoms with Gasteiger partial charge in [0.15, 0.2) is 0 Å². The maximum atomic E-state index is 3.78. The number of rotatable bonds is 13. The molecule has 166 valence electrons. The Kier molecular flexibility index (Phi) is 10.8. The molecule has 0 bridgehead atoms. The molecule has 28 heavy (non-hydrogen) atoms. The zero-order valence-electron chi connectivity index (χ0n) is 19.6. The van der Waals surface area contributed by atoms with E-state index in [1.165, 1.54) is 116 Å². The molecule has 0 saturated heterocycles. The lowest BCUT2D eigenvalue weighted by molar-refractivity contribution is 0.0984. The van der Waals surface area contributed by atoms with Gasteiger partial charge in [-0.25, -0.2) is 0 Å². The highest BCUT2D eigenvalue weighted by Crippen LogP contribution is 2.32. The zero-order valence-corrected chi connectivity index (χ0v) is 19.6. The summed E-state index contributed by atoms with van der Waals surface area (Å²) in [6.07, 6.45) is 19.3. The molecule has 0 spiro atoms. The molecule has 0 amide bonds. The Morgan fingerprint density at radius 2 is 0.893 bits per heavy atom. The molecule has 0 aromatic rings. The maximum absolute atomic E-state index is 3.78. The van der Waals surface area contributed by atoms with Gasteiger partial charge in [0.2, 0.25) is 0 Å². The summed E-state index contributed by atoms with van der Waals surface area (Å²) in [4.78, 5) is 4.97. The third-order valence-corrected chi connectivity index (χ3v) is 7.83. The molecule has 0 aromatic heterocycles. The minimum absolute atomic E-state index is 0.420. The van der Waals surface area contributed by atoms with Crippen LogP contribution >= 0.6 is 0 Å². The molecule has 0 aromatic carbocycles. The molecular formula is C24H50N4. The summed E-state index contributed by atoms with van der Waals surface area (Å²) in [5, 5.41) is 7.55. The van der Waals surface area contributed by atoms with Crippen molar-refractivity contribution in [3.8, 4) is 0 Å². The van der Waals surface area contributed by atoms with Gasteiger partial charge in [-0.1, -0.05) is 51.4 Å². The van der Waals surface area contributed by atoms with Crippen LogP contribution in [-0.2, 0) is 0 Å². The molecule has 2 aliphatic rings. The van der Waals surface area contributed by atoms with Gasteiger partial charge in [-0.3, -0.25) is 0 Å². The van der Waals surface area contributed by atoms with Crippen LogP contribution in [0.1, 0.15) is 89.9 Å². The van der Waals surface area contributed by atoms with E-state index in [2.05, 4.69) is 48.6 Å². The lowest BCUT2D eigenvalue weighted by atomic mass is 9.80. The van der Waals surface area contributed by atoms with Crippen molar-refractivity contribution in [1.82, 2.24) is 20.4 Å². The van der Waals surface area contributed by atoms with E-state index >= 15 is 0 Å². The van der Waals surface area contributed by atoms with Crippen molar-refractivity contribution < 1.29 is 0 Å². The van der Waals surface area contributed by atoms with Crippen molar-refractivity contribution in [1.29, 1.82) is 0 Å². The van der Waals surface area contributed by atoms with E-state index in [1.54, 1.807) is 0 Å². The van der Waals surface area contributed by atoms with Gasteiger partial charge in [-0.05, 0) is 79.8 Å². The third-order valence-electron chi connectivity index (χ3n) is 7.83. The third kappa shape index (κ3) is 7.27. The van der Waals surface area contributed by atoms with Gasteiger partial charge in [0.1, 0.15) is 0 Å². The monoisotopic (exact) mass is 394 g/mol.